The molecule has 0 aromatic heterocycles. The lowest BCUT2D eigenvalue weighted by Gasteiger charge is -2.13. The quantitative estimate of drug-likeness (QED) is 0.617. The van der Waals surface area contributed by atoms with Crippen molar-refractivity contribution in [2.45, 2.75) is 33.6 Å². The smallest absolute Gasteiger partial charge is 0.00772 e. The van der Waals surface area contributed by atoms with Crippen LogP contribution in [0.3, 0.4) is 0 Å². The van der Waals surface area contributed by atoms with E-state index in [9.17, 15) is 0 Å². The molecule has 0 rings (SSSR count). The zero-order chi connectivity index (χ0) is 7.28. The summed E-state index contributed by atoms with van der Waals surface area (Å²) in [6.45, 7) is 7.67. The fourth-order valence-electron chi connectivity index (χ4n) is 0.773. The lowest BCUT2D eigenvalue weighted by molar-refractivity contribution is 0.385. The molecule has 0 aliphatic heterocycles. The molecule has 0 spiro atoms. The molecule has 0 heterocycles. The minimum atomic E-state index is 0.816. The monoisotopic (exact) mass is 129 g/mol. The first kappa shape index (κ1) is 8.96. The molecule has 0 fully saturated rings. The van der Waals surface area contributed by atoms with Crippen LogP contribution in [0.15, 0.2) is 0 Å². The van der Waals surface area contributed by atoms with Gasteiger partial charge >= 0.3 is 0 Å². The van der Waals surface area contributed by atoms with Gasteiger partial charge in [0.05, 0.1) is 0 Å². The second kappa shape index (κ2) is 4.80. The molecule has 9 heavy (non-hydrogen) atoms. The Morgan fingerprint density at radius 2 is 1.78 bits per heavy atom. The van der Waals surface area contributed by atoms with Crippen LogP contribution in [0.1, 0.15) is 33.6 Å². The first-order valence-electron chi connectivity index (χ1n) is 3.88. The normalized spacial score (nSPS) is 14.3. The maximum atomic E-state index is 5.38. The third kappa shape index (κ3) is 4.46. The Morgan fingerprint density at radius 3 is 2.11 bits per heavy atom. The first-order chi connectivity index (χ1) is 4.18. The van der Waals surface area contributed by atoms with Gasteiger partial charge in [0.15, 0.2) is 0 Å². The molecule has 0 aliphatic rings. The molecule has 0 amide bonds. The van der Waals surface area contributed by atoms with Crippen LogP contribution >= 0.6 is 0 Å². The van der Waals surface area contributed by atoms with Crippen LogP contribution in [-0.4, -0.2) is 6.54 Å². The molecule has 0 bridgehead atoms. The second-order valence-electron chi connectivity index (χ2n) is 3.15. The summed E-state index contributed by atoms with van der Waals surface area (Å²) < 4.78 is 0. The summed E-state index contributed by atoms with van der Waals surface area (Å²) in [5.74, 6) is 1.66. The molecular weight excluding hydrogens is 110 g/mol. The van der Waals surface area contributed by atoms with E-state index < -0.39 is 0 Å². The predicted octanol–water partition coefficient (Wildman–Crippen LogP) is 2.02. The van der Waals surface area contributed by atoms with Crippen molar-refractivity contribution in [3.05, 3.63) is 0 Å². The summed E-state index contributed by atoms with van der Waals surface area (Å²) in [6.07, 6.45) is 2.47. The fourth-order valence-corrected chi connectivity index (χ4v) is 0.773. The Labute approximate surface area is 58.6 Å². The lowest BCUT2D eigenvalue weighted by Crippen LogP contribution is -2.07. The van der Waals surface area contributed by atoms with Crippen LogP contribution < -0.4 is 5.73 Å². The van der Waals surface area contributed by atoms with Gasteiger partial charge < -0.3 is 5.73 Å². The highest BCUT2D eigenvalue weighted by atomic mass is 14.5. The van der Waals surface area contributed by atoms with Crippen molar-refractivity contribution >= 4 is 0 Å². The molecule has 2 N–H and O–H groups in total. The predicted molar refractivity (Wildman–Crippen MR) is 42.3 cm³/mol. The topological polar surface area (TPSA) is 26.0 Å². The van der Waals surface area contributed by atoms with Gasteiger partial charge in [-0.05, 0) is 31.2 Å². The Morgan fingerprint density at radius 1 is 1.22 bits per heavy atom. The van der Waals surface area contributed by atoms with E-state index >= 15 is 0 Å². The van der Waals surface area contributed by atoms with E-state index in [0.29, 0.717) is 0 Å². The summed E-state index contributed by atoms with van der Waals surface area (Å²) in [5, 5.41) is 0. The molecule has 1 heteroatoms. The van der Waals surface area contributed by atoms with Crippen LogP contribution in [0.5, 0.6) is 0 Å². The van der Waals surface area contributed by atoms with Gasteiger partial charge in [0.1, 0.15) is 0 Å². The number of hydrogen-bond acceptors (Lipinski definition) is 1. The summed E-state index contributed by atoms with van der Waals surface area (Å²) in [5.41, 5.74) is 5.38. The van der Waals surface area contributed by atoms with E-state index in [1.807, 2.05) is 0 Å². The maximum absolute atomic E-state index is 5.38. The van der Waals surface area contributed by atoms with Crippen molar-refractivity contribution in [2.24, 2.45) is 17.6 Å². The zero-order valence-electron chi connectivity index (χ0n) is 6.85. The van der Waals surface area contributed by atoms with Gasteiger partial charge in [-0.15, -0.1) is 0 Å². The van der Waals surface area contributed by atoms with Gasteiger partial charge in [-0.3, -0.25) is 0 Å². The number of hydrogen-bond donors (Lipinski definition) is 1. The molecule has 0 saturated heterocycles. The standard InChI is InChI=1S/C8H19N/c1-7(2)8(3)5-4-6-9/h7-8H,4-6,9H2,1-3H3/t8-/m1/s1. The van der Waals surface area contributed by atoms with Gasteiger partial charge in [0.2, 0.25) is 0 Å². The van der Waals surface area contributed by atoms with Crippen LogP contribution in [0.4, 0.5) is 0 Å². The van der Waals surface area contributed by atoms with E-state index in [4.69, 9.17) is 5.73 Å². The van der Waals surface area contributed by atoms with Crippen molar-refractivity contribution in [1.29, 1.82) is 0 Å². The van der Waals surface area contributed by atoms with Crippen molar-refractivity contribution in [3.63, 3.8) is 0 Å². The molecule has 0 radical (unpaired) electrons. The van der Waals surface area contributed by atoms with Gasteiger partial charge in [-0.25, -0.2) is 0 Å². The maximum Gasteiger partial charge on any atom is -0.00772 e. The molecule has 0 saturated carbocycles. The highest BCUT2D eigenvalue weighted by Crippen LogP contribution is 2.14. The molecule has 56 valence electrons. The van der Waals surface area contributed by atoms with E-state index in [0.717, 1.165) is 18.4 Å². The number of nitrogens with two attached hydrogens (primary N) is 1. The SMILES string of the molecule is CC(C)[C@H](C)CCCN. The average molecular weight is 129 g/mol. The minimum Gasteiger partial charge on any atom is -0.330 e. The Balaban J connectivity index is 3.16. The summed E-state index contributed by atoms with van der Waals surface area (Å²) >= 11 is 0. The van der Waals surface area contributed by atoms with Crippen molar-refractivity contribution in [3.8, 4) is 0 Å². The zero-order valence-corrected chi connectivity index (χ0v) is 6.85. The third-order valence-electron chi connectivity index (χ3n) is 2.00. The van der Waals surface area contributed by atoms with Crippen LogP contribution in [-0.2, 0) is 0 Å². The fraction of sp³-hybridized carbons (Fsp3) is 1.00. The third-order valence-corrected chi connectivity index (χ3v) is 2.00. The van der Waals surface area contributed by atoms with E-state index in [2.05, 4.69) is 20.8 Å². The van der Waals surface area contributed by atoms with Gasteiger partial charge in [0, 0.05) is 0 Å². The Kier molecular flexibility index (Phi) is 4.78. The summed E-state index contributed by atoms with van der Waals surface area (Å²) in [4.78, 5) is 0. The molecule has 0 aliphatic carbocycles. The summed E-state index contributed by atoms with van der Waals surface area (Å²) in [7, 11) is 0. The average Bonchev–Trinajstić information content (AvgIpc) is 1.82. The van der Waals surface area contributed by atoms with E-state index in [-0.39, 0.29) is 0 Å². The van der Waals surface area contributed by atoms with Crippen molar-refractivity contribution in [2.75, 3.05) is 6.54 Å². The minimum absolute atomic E-state index is 0.816. The van der Waals surface area contributed by atoms with Gasteiger partial charge in [-0.2, -0.15) is 0 Å². The second-order valence-corrected chi connectivity index (χ2v) is 3.15. The highest BCUT2D eigenvalue weighted by Gasteiger charge is 2.04. The highest BCUT2D eigenvalue weighted by molar-refractivity contribution is 4.56. The van der Waals surface area contributed by atoms with E-state index in [1.54, 1.807) is 0 Å². The number of rotatable bonds is 4. The molecule has 1 nitrogen and oxygen atoms in total. The molecule has 1 atom stereocenters. The summed E-state index contributed by atoms with van der Waals surface area (Å²) in [6, 6.07) is 0. The van der Waals surface area contributed by atoms with Gasteiger partial charge in [0.25, 0.3) is 0 Å². The van der Waals surface area contributed by atoms with Crippen LogP contribution in [0, 0.1) is 11.8 Å². The molecule has 0 aromatic rings. The van der Waals surface area contributed by atoms with Crippen LogP contribution in [0.25, 0.3) is 0 Å². The molecule has 0 unspecified atom stereocenters. The molecule has 0 aromatic carbocycles. The molecular formula is C8H19N. The lowest BCUT2D eigenvalue weighted by atomic mass is 9.93. The van der Waals surface area contributed by atoms with E-state index in [1.165, 1.54) is 12.8 Å². The Hall–Kier alpha value is -0.0400. The first-order valence-corrected chi connectivity index (χ1v) is 3.88. The Bertz CT molecular complexity index is 59.6. The van der Waals surface area contributed by atoms with Crippen molar-refractivity contribution in [1.82, 2.24) is 0 Å². The largest absolute Gasteiger partial charge is 0.330 e. The van der Waals surface area contributed by atoms with Crippen molar-refractivity contribution < 1.29 is 0 Å². The van der Waals surface area contributed by atoms with Crippen LogP contribution in [0.2, 0.25) is 0 Å². The van der Waals surface area contributed by atoms with Gasteiger partial charge in [-0.1, -0.05) is 20.8 Å².